The van der Waals surface area contributed by atoms with Crippen LogP contribution in [0.15, 0.2) is 47.4 Å². The minimum atomic E-state index is -1.45. The molecule has 0 amide bonds. The van der Waals surface area contributed by atoms with E-state index in [2.05, 4.69) is 0 Å². The standard InChI is InChI=1S/C16H15FO2S/c1-11-3-4-13(9-12(11)2)16(18)10-20(19)15-7-5-14(17)6-8-15/h3-9H,10H2,1-2H3. The van der Waals surface area contributed by atoms with E-state index in [1.165, 1.54) is 24.3 Å². The number of aryl methyl sites for hydroxylation is 2. The summed E-state index contributed by atoms with van der Waals surface area (Å²) in [5, 5.41) is 0. The van der Waals surface area contributed by atoms with Crippen molar-refractivity contribution in [1.82, 2.24) is 0 Å². The van der Waals surface area contributed by atoms with Crippen molar-refractivity contribution in [3.05, 3.63) is 65.0 Å². The van der Waals surface area contributed by atoms with Crippen molar-refractivity contribution in [3.63, 3.8) is 0 Å². The smallest absolute Gasteiger partial charge is 0.175 e. The molecule has 0 aliphatic heterocycles. The van der Waals surface area contributed by atoms with Crippen molar-refractivity contribution >= 4 is 16.6 Å². The average Bonchev–Trinajstić information content (AvgIpc) is 2.42. The van der Waals surface area contributed by atoms with Crippen molar-refractivity contribution in [2.75, 3.05) is 5.75 Å². The predicted octanol–water partition coefficient (Wildman–Crippen LogP) is 3.43. The topological polar surface area (TPSA) is 34.1 Å². The zero-order valence-electron chi connectivity index (χ0n) is 11.4. The van der Waals surface area contributed by atoms with Gasteiger partial charge in [-0.3, -0.25) is 9.00 Å². The Morgan fingerprint density at radius 1 is 1.05 bits per heavy atom. The van der Waals surface area contributed by atoms with E-state index in [0.29, 0.717) is 10.5 Å². The number of rotatable bonds is 4. The first-order valence-electron chi connectivity index (χ1n) is 6.22. The summed E-state index contributed by atoms with van der Waals surface area (Å²) in [4.78, 5) is 12.6. The monoisotopic (exact) mass is 290 g/mol. The first-order chi connectivity index (χ1) is 9.47. The van der Waals surface area contributed by atoms with Crippen LogP contribution in [0.1, 0.15) is 21.5 Å². The van der Waals surface area contributed by atoms with E-state index in [9.17, 15) is 13.4 Å². The number of hydrogen-bond donors (Lipinski definition) is 0. The summed E-state index contributed by atoms with van der Waals surface area (Å²) in [6.45, 7) is 3.91. The summed E-state index contributed by atoms with van der Waals surface area (Å²) in [7, 11) is -1.45. The Balaban J connectivity index is 2.13. The fourth-order valence-electron chi connectivity index (χ4n) is 1.79. The van der Waals surface area contributed by atoms with Gasteiger partial charge in [-0.05, 0) is 55.3 Å². The Kier molecular flexibility index (Phi) is 4.45. The summed E-state index contributed by atoms with van der Waals surface area (Å²) >= 11 is 0. The fourth-order valence-corrected chi connectivity index (χ4v) is 2.80. The number of hydrogen-bond acceptors (Lipinski definition) is 2. The molecule has 2 nitrogen and oxygen atoms in total. The molecule has 2 aromatic rings. The minimum absolute atomic E-state index is 0.0892. The molecule has 2 aromatic carbocycles. The molecule has 0 N–H and O–H groups in total. The Labute approximate surface area is 120 Å². The van der Waals surface area contributed by atoms with Crippen LogP contribution in [0.5, 0.6) is 0 Å². The molecule has 0 radical (unpaired) electrons. The lowest BCUT2D eigenvalue weighted by atomic mass is 10.0. The zero-order chi connectivity index (χ0) is 14.7. The number of carbonyl (C=O) groups excluding carboxylic acids is 1. The van der Waals surface area contributed by atoms with Crippen molar-refractivity contribution < 1.29 is 13.4 Å². The largest absolute Gasteiger partial charge is 0.293 e. The Morgan fingerprint density at radius 3 is 2.30 bits per heavy atom. The van der Waals surface area contributed by atoms with E-state index in [1.807, 2.05) is 19.9 Å². The highest BCUT2D eigenvalue weighted by Crippen LogP contribution is 2.13. The predicted molar refractivity (Wildman–Crippen MR) is 77.9 cm³/mol. The van der Waals surface area contributed by atoms with Gasteiger partial charge in [0.2, 0.25) is 0 Å². The zero-order valence-corrected chi connectivity index (χ0v) is 12.2. The third kappa shape index (κ3) is 3.39. The second-order valence-corrected chi connectivity index (χ2v) is 6.12. The number of halogens is 1. The van der Waals surface area contributed by atoms with Crippen LogP contribution in [-0.2, 0) is 10.8 Å². The van der Waals surface area contributed by atoms with Gasteiger partial charge in [0, 0.05) is 10.5 Å². The van der Waals surface area contributed by atoms with Crippen LogP contribution in [0.3, 0.4) is 0 Å². The van der Waals surface area contributed by atoms with Gasteiger partial charge >= 0.3 is 0 Å². The van der Waals surface area contributed by atoms with Gasteiger partial charge in [0.15, 0.2) is 5.78 Å². The highest BCUT2D eigenvalue weighted by molar-refractivity contribution is 7.85. The Hall–Kier alpha value is -1.81. The summed E-state index contributed by atoms with van der Waals surface area (Å²) in [6, 6.07) is 10.8. The molecule has 0 saturated heterocycles. The normalized spacial score (nSPS) is 12.2. The van der Waals surface area contributed by atoms with Crippen molar-refractivity contribution in [2.45, 2.75) is 18.7 Å². The lowest BCUT2D eigenvalue weighted by molar-refractivity contribution is 0.102. The third-order valence-electron chi connectivity index (χ3n) is 3.17. The van der Waals surface area contributed by atoms with E-state index >= 15 is 0 Å². The minimum Gasteiger partial charge on any atom is -0.293 e. The first-order valence-corrected chi connectivity index (χ1v) is 7.53. The van der Waals surface area contributed by atoms with E-state index < -0.39 is 10.8 Å². The van der Waals surface area contributed by atoms with Gasteiger partial charge in [0.1, 0.15) is 5.82 Å². The summed E-state index contributed by atoms with van der Waals surface area (Å²) in [6.07, 6.45) is 0. The molecule has 1 unspecified atom stereocenters. The summed E-state index contributed by atoms with van der Waals surface area (Å²) in [5.41, 5.74) is 2.70. The molecule has 20 heavy (non-hydrogen) atoms. The van der Waals surface area contributed by atoms with Gasteiger partial charge in [-0.1, -0.05) is 12.1 Å². The van der Waals surface area contributed by atoms with E-state index in [0.717, 1.165) is 11.1 Å². The van der Waals surface area contributed by atoms with Crippen molar-refractivity contribution in [1.29, 1.82) is 0 Å². The van der Waals surface area contributed by atoms with E-state index in [4.69, 9.17) is 0 Å². The Bertz CT molecular complexity index is 663. The van der Waals surface area contributed by atoms with Crippen LogP contribution in [0.25, 0.3) is 0 Å². The molecule has 0 saturated carbocycles. The van der Waals surface area contributed by atoms with Crippen molar-refractivity contribution in [3.8, 4) is 0 Å². The highest BCUT2D eigenvalue weighted by atomic mass is 32.2. The number of ketones is 1. The second kappa shape index (κ2) is 6.09. The van der Waals surface area contributed by atoms with Crippen LogP contribution in [0.2, 0.25) is 0 Å². The van der Waals surface area contributed by atoms with Crippen molar-refractivity contribution in [2.24, 2.45) is 0 Å². The summed E-state index contributed by atoms with van der Waals surface area (Å²) in [5.74, 6) is -0.643. The van der Waals surface area contributed by atoms with Gasteiger partial charge in [-0.15, -0.1) is 0 Å². The molecule has 0 aliphatic carbocycles. The van der Waals surface area contributed by atoms with Crippen LogP contribution in [-0.4, -0.2) is 15.7 Å². The highest BCUT2D eigenvalue weighted by Gasteiger charge is 2.13. The van der Waals surface area contributed by atoms with Gasteiger partial charge in [0.25, 0.3) is 0 Å². The van der Waals surface area contributed by atoms with Gasteiger partial charge < -0.3 is 0 Å². The molecule has 0 heterocycles. The molecular formula is C16H15FO2S. The summed E-state index contributed by atoms with van der Waals surface area (Å²) < 4.78 is 24.9. The SMILES string of the molecule is Cc1ccc(C(=O)CS(=O)c2ccc(F)cc2)cc1C. The van der Waals surface area contributed by atoms with Gasteiger partial charge in [-0.25, -0.2) is 4.39 Å². The Morgan fingerprint density at radius 2 is 1.70 bits per heavy atom. The lowest BCUT2D eigenvalue weighted by Crippen LogP contribution is -2.11. The fraction of sp³-hybridized carbons (Fsp3) is 0.188. The maximum atomic E-state index is 12.8. The maximum Gasteiger partial charge on any atom is 0.175 e. The first kappa shape index (κ1) is 14.6. The molecule has 0 aliphatic rings. The van der Waals surface area contributed by atoms with Gasteiger partial charge in [0.05, 0.1) is 16.6 Å². The molecule has 104 valence electrons. The average molecular weight is 290 g/mol. The molecule has 0 aromatic heterocycles. The molecule has 0 bridgehead atoms. The van der Waals surface area contributed by atoms with Crippen LogP contribution in [0.4, 0.5) is 4.39 Å². The molecule has 2 rings (SSSR count). The maximum absolute atomic E-state index is 12.8. The van der Waals surface area contributed by atoms with Gasteiger partial charge in [-0.2, -0.15) is 0 Å². The molecular weight excluding hydrogens is 275 g/mol. The molecule has 1 atom stereocenters. The molecule has 0 fully saturated rings. The molecule has 0 spiro atoms. The van der Waals surface area contributed by atoms with Crippen LogP contribution < -0.4 is 0 Å². The van der Waals surface area contributed by atoms with Crippen LogP contribution >= 0.6 is 0 Å². The third-order valence-corrected chi connectivity index (χ3v) is 4.49. The number of Topliss-reactive ketones (excluding diaryl/α,β-unsaturated/α-hetero) is 1. The lowest BCUT2D eigenvalue weighted by Gasteiger charge is -2.05. The number of benzene rings is 2. The number of carbonyl (C=O) groups is 1. The van der Waals surface area contributed by atoms with Crippen LogP contribution in [0, 0.1) is 19.7 Å². The second-order valence-electron chi connectivity index (χ2n) is 4.67. The quantitative estimate of drug-likeness (QED) is 0.808. The molecule has 4 heteroatoms. The van der Waals surface area contributed by atoms with E-state index in [1.54, 1.807) is 12.1 Å². The van der Waals surface area contributed by atoms with E-state index in [-0.39, 0.29) is 17.4 Å².